The highest BCUT2D eigenvalue weighted by Gasteiger charge is 2.23. The largest absolute Gasteiger partial charge is 0.493 e. The van der Waals surface area contributed by atoms with E-state index in [1.807, 2.05) is 45.0 Å². The van der Waals surface area contributed by atoms with E-state index in [4.69, 9.17) is 9.47 Å². The molecule has 3 rings (SSSR count). The number of fused-ring (bicyclic) bond motifs is 1. The van der Waals surface area contributed by atoms with Gasteiger partial charge >= 0.3 is 0 Å². The topological polar surface area (TPSA) is 73.3 Å². The fraction of sp³-hybridized carbons (Fsp3) is 0.316. The Bertz CT molecular complexity index is 960. The number of nitrogens with zero attached hydrogens (tertiary/aromatic N) is 2. The average molecular weight is 371 g/mol. The van der Waals surface area contributed by atoms with Crippen molar-refractivity contribution in [1.82, 2.24) is 9.36 Å². The maximum Gasteiger partial charge on any atom is 0.230 e. The van der Waals surface area contributed by atoms with Crippen molar-refractivity contribution in [3.8, 4) is 22.6 Å². The number of anilines is 1. The zero-order valence-electron chi connectivity index (χ0n) is 15.4. The van der Waals surface area contributed by atoms with Crippen LogP contribution in [0.2, 0.25) is 0 Å². The van der Waals surface area contributed by atoms with Gasteiger partial charge in [-0.1, -0.05) is 26.8 Å². The summed E-state index contributed by atoms with van der Waals surface area (Å²) in [6, 6.07) is 7.67. The lowest BCUT2D eigenvalue weighted by Gasteiger charge is -2.16. The second-order valence-electron chi connectivity index (χ2n) is 6.88. The number of aromatic nitrogens is 2. The van der Waals surface area contributed by atoms with Crippen LogP contribution in [0.3, 0.4) is 0 Å². The summed E-state index contributed by atoms with van der Waals surface area (Å²) in [5.41, 5.74) is 1.35. The van der Waals surface area contributed by atoms with Gasteiger partial charge in [-0.25, -0.2) is 4.98 Å². The Labute approximate surface area is 156 Å². The van der Waals surface area contributed by atoms with E-state index in [0.717, 1.165) is 21.3 Å². The quantitative estimate of drug-likeness (QED) is 0.738. The highest BCUT2D eigenvalue weighted by molar-refractivity contribution is 7.13. The van der Waals surface area contributed by atoms with Crippen LogP contribution in [0.5, 0.6) is 11.5 Å². The molecule has 0 fully saturated rings. The molecule has 0 spiro atoms. The number of pyridine rings is 1. The molecule has 6 nitrogen and oxygen atoms in total. The van der Waals surface area contributed by atoms with Crippen LogP contribution < -0.4 is 14.8 Å². The number of amides is 1. The van der Waals surface area contributed by atoms with E-state index in [2.05, 4.69) is 14.7 Å². The van der Waals surface area contributed by atoms with Crippen LogP contribution in [0.15, 0.2) is 30.5 Å². The first-order chi connectivity index (χ1) is 12.3. The predicted molar refractivity (Wildman–Crippen MR) is 104 cm³/mol. The summed E-state index contributed by atoms with van der Waals surface area (Å²) >= 11 is 1.26. The third kappa shape index (κ3) is 3.48. The van der Waals surface area contributed by atoms with E-state index in [1.54, 1.807) is 20.4 Å². The molecule has 1 amide bonds. The molecule has 0 aliphatic heterocycles. The normalized spacial score (nSPS) is 11.4. The van der Waals surface area contributed by atoms with Crippen molar-refractivity contribution >= 4 is 33.5 Å². The number of hydrogen-bond donors (Lipinski definition) is 1. The fourth-order valence-corrected chi connectivity index (χ4v) is 3.07. The van der Waals surface area contributed by atoms with Gasteiger partial charge in [0, 0.05) is 17.2 Å². The van der Waals surface area contributed by atoms with Gasteiger partial charge in [-0.15, -0.1) is 0 Å². The SMILES string of the molecule is COc1ccc(-c2cnc3snc(NC(=O)C(C)(C)C)c3c2)cc1OC. The Morgan fingerprint density at radius 3 is 2.46 bits per heavy atom. The van der Waals surface area contributed by atoms with Gasteiger partial charge in [0.2, 0.25) is 5.91 Å². The summed E-state index contributed by atoms with van der Waals surface area (Å²) < 4.78 is 15.0. The minimum atomic E-state index is -0.496. The second-order valence-corrected chi connectivity index (χ2v) is 7.63. The molecule has 0 unspecified atom stereocenters. The van der Waals surface area contributed by atoms with Gasteiger partial charge in [0.1, 0.15) is 4.83 Å². The first-order valence-electron chi connectivity index (χ1n) is 8.13. The highest BCUT2D eigenvalue weighted by Crippen LogP contribution is 2.35. The Hall–Kier alpha value is -2.67. The van der Waals surface area contributed by atoms with Crippen molar-refractivity contribution in [2.24, 2.45) is 5.41 Å². The van der Waals surface area contributed by atoms with Crippen LogP contribution in [0, 0.1) is 5.41 Å². The summed E-state index contributed by atoms with van der Waals surface area (Å²) in [7, 11) is 3.21. The smallest absolute Gasteiger partial charge is 0.230 e. The third-order valence-electron chi connectivity index (χ3n) is 3.96. The van der Waals surface area contributed by atoms with Gasteiger partial charge in [-0.3, -0.25) is 4.79 Å². The zero-order valence-corrected chi connectivity index (χ0v) is 16.2. The average Bonchev–Trinajstić information content (AvgIpc) is 3.02. The van der Waals surface area contributed by atoms with Crippen LogP contribution in [-0.2, 0) is 4.79 Å². The standard InChI is InChI=1S/C19H21N3O3S/c1-19(2,3)18(23)21-16-13-8-12(10-20-17(13)26-22-16)11-6-7-14(24-4)15(9-11)25-5/h6-10H,1-5H3,(H,21,22,23). The van der Waals surface area contributed by atoms with Gasteiger partial charge in [0.15, 0.2) is 17.3 Å². The lowest BCUT2D eigenvalue weighted by Crippen LogP contribution is -2.27. The lowest BCUT2D eigenvalue weighted by atomic mass is 9.96. The van der Waals surface area contributed by atoms with Gasteiger partial charge < -0.3 is 14.8 Å². The number of carbonyl (C=O) groups is 1. The molecule has 3 aromatic rings. The van der Waals surface area contributed by atoms with Gasteiger partial charge in [-0.05, 0) is 35.3 Å². The summed E-state index contributed by atoms with van der Waals surface area (Å²) in [5.74, 6) is 1.77. The Balaban J connectivity index is 2.01. The molecule has 1 N–H and O–H groups in total. The minimum absolute atomic E-state index is 0.0822. The van der Waals surface area contributed by atoms with Crippen molar-refractivity contribution < 1.29 is 14.3 Å². The van der Waals surface area contributed by atoms with Crippen LogP contribution in [0.4, 0.5) is 5.82 Å². The molecule has 136 valence electrons. The molecule has 2 aromatic heterocycles. The van der Waals surface area contributed by atoms with Crippen LogP contribution in [0.1, 0.15) is 20.8 Å². The molecule has 0 bridgehead atoms. The number of nitrogens with one attached hydrogen (secondary N) is 1. The Kier molecular flexibility index (Phi) is 4.82. The lowest BCUT2D eigenvalue weighted by molar-refractivity contribution is -0.123. The van der Waals surface area contributed by atoms with Crippen molar-refractivity contribution in [1.29, 1.82) is 0 Å². The number of hydrogen-bond acceptors (Lipinski definition) is 6. The molecule has 0 saturated carbocycles. The Morgan fingerprint density at radius 1 is 1.08 bits per heavy atom. The first kappa shape index (κ1) is 18.1. The maximum absolute atomic E-state index is 12.3. The van der Waals surface area contributed by atoms with Gasteiger partial charge in [-0.2, -0.15) is 4.37 Å². The third-order valence-corrected chi connectivity index (χ3v) is 4.73. The molecule has 2 heterocycles. The molecular weight excluding hydrogens is 350 g/mol. The number of ether oxygens (including phenoxy) is 2. The number of benzene rings is 1. The Morgan fingerprint density at radius 2 is 1.81 bits per heavy atom. The molecule has 0 atom stereocenters. The van der Waals surface area contributed by atoms with Crippen LogP contribution in [-0.4, -0.2) is 29.5 Å². The fourth-order valence-electron chi connectivity index (χ4n) is 2.39. The number of carbonyl (C=O) groups excluding carboxylic acids is 1. The summed E-state index contributed by atoms with van der Waals surface area (Å²) in [6.45, 7) is 5.60. The zero-order chi connectivity index (χ0) is 18.9. The summed E-state index contributed by atoms with van der Waals surface area (Å²) in [4.78, 5) is 17.5. The highest BCUT2D eigenvalue weighted by atomic mass is 32.1. The molecule has 0 aliphatic rings. The molecule has 0 radical (unpaired) electrons. The number of rotatable bonds is 4. The second kappa shape index (κ2) is 6.92. The van der Waals surface area contributed by atoms with Crippen LogP contribution >= 0.6 is 11.5 Å². The monoisotopic (exact) mass is 371 g/mol. The van der Waals surface area contributed by atoms with Crippen molar-refractivity contribution in [2.45, 2.75) is 20.8 Å². The van der Waals surface area contributed by atoms with E-state index >= 15 is 0 Å². The molecule has 7 heteroatoms. The molecule has 0 saturated heterocycles. The molecule has 0 aliphatic carbocycles. The van der Waals surface area contributed by atoms with E-state index in [-0.39, 0.29) is 5.91 Å². The maximum atomic E-state index is 12.3. The number of methoxy groups -OCH3 is 2. The molecule has 26 heavy (non-hydrogen) atoms. The van der Waals surface area contributed by atoms with Gasteiger partial charge in [0.05, 0.1) is 19.6 Å². The van der Waals surface area contributed by atoms with E-state index in [9.17, 15) is 4.79 Å². The van der Waals surface area contributed by atoms with Crippen LogP contribution in [0.25, 0.3) is 21.3 Å². The van der Waals surface area contributed by atoms with E-state index in [1.165, 1.54) is 11.5 Å². The van der Waals surface area contributed by atoms with E-state index < -0.39 is 5.41 Å². The van der Waals surface area contributed by atoms with Crippen molar-refractivity contribution in [3.63, 3.8) is 0 Å². The first-order valence-corrected chi connectivity index (χ1v) is 8.90. The molecule has 1 aromatic carbocycles. The van der Waals surface area contributed by atoms with Crippen molar-refractivity contribution in [2.75, 3.05) is 19.5 Å². The summed E-state index contributed by atoms with van der Waals surface area (Å²) in [5, 5.41) is 3.72. The summed E-state index contributed by atoms with van der Waals surface area (Å²) in [6.07, 6.45) is 1.79. The van der Waals surface area contributed by atoms with Crippen molar-refractivity contribution in [3.05, 3.63) is 30.5 Å². The molecular formula is C19H21N3O3S. The predicted octanol–water partition coefficient (Wildman–Crippen LogP) is 4.36. The van der Waals surface area contributed by atoms with E-state index in [0.29, 0.717) is 17.3 Å². The minimum Gasteiger partial charge on any atom is -0.493 e. The van der Waals surface area contributed by atoms with Gasteiger partial charge in [0.25, 0.3) is 0 Å².